The van der Waals surface area contributed by atoms with Crippen molar-refractivity contribution in [1.82, 2.24) is 10.2 Å². The Morgan fingerprint density at radius 1 is 1.30 bits per heavy atom. The van der Waals surface area contributed by atoms with Crippen LogP contribution in [0.2, 0.25) is 0 Å². The Kier molecular flexibility index (Phi) is 5.22. The summed E-state index contributed by atoms with van der Waals surface area (Å²) < 4.78 is 0. The molecule has 2 atom stereocenters. The van der Waals surface area contributed by atoms with Gasteiger partial charge in [-0.05, 0) is 36.4 Å². The fourth-order valence-electron chi connectivity index (χ4n) is 3.53. The van der Waals surface area contributed by atoms with Crippen LogP contribution in [0.1, 0.15) is 45.7 Å². The number of benzene rings is 1. The molecular formula is C18H30N2. The van der Waals surface area contributed by atoms with E-state index in [2.05, 4.69) is 68.2 Å². The lowest BCUT2D eigenvalue weighted by Gasteiger charge is -2.38. The third kappa shape index (κ3) is 3.83. The highest BCUT2D eigenvalue weighted by Gasteiger charge is 2.33. The van der Waals surface area contributed by atoms with Crippen LogP contribution in [-0.2, 0) is 0 Å². The Morgan fingerprint density at radius 2 is 2.00 bits per heavy atom. The monoisotopic (exact) mass is 274 g/mol. The van der Waals surface area contributed by atoms with Crippen molar-refractivity contribution in [2.45, 2.75) is 40.2 Å². The molecule has 2 heteroatoms. The van der Waals surface area contributed by atoms with E-state index in [0.29, 0.717) is 6.04 Å². The number of hydrogen-bond acceptors (Lipinski definition) is 2. The quantitative estimate of drug-likeness (QED) is 0.851. The molecule has 1 aliphatic rings. The van der Waals surface area contributed by atoms with E-state index >= 15 is 0 Å². The minimum absolute atomic E-state index is 0.238. The van der Waals surface area contributed by atoms with Gasteiger partial charge < -0.3 is 10.2 Å². The fourth-order valence-corrected chi connectivity index (χ4v) is 3.53. The molecule has 2 unspecified atom stereocenters. The van der Waals surface area contributed by atoms with Gasteiger partial charge in [-0.3, -0.25) is 0 Å². The molecule has 20 heavy (non-hydrogen) atoms. The Labute approximate surface area is 124 Å². The maximum atomic E-state index is 3.70. The van der Waals surface area contributed by atoms with Crippen LogP contribution >= 0.6 is 0 Å². The van der Waals surface area contributed by atoms with Crippen molar-refractivity contribution in [1.29, 1.82) is 0 Å². The molecule has 1 aromatic rings. The maximum Gasteiger partial charge on any atom is 0.0384 e. The number of rotatable bonds is 6. The summed E-state index contributed by atoms with van der Waals surface area (Å²) >= 11 is 0. The average Bonchev–Trinajstić information content (AvgIpc) is 2.81. The molecule has 112 valence electrons. The van der Waals surface area contributed by atoms with Crippen molar-refractivity contribution >= 4 is 0 Å². The first kappa shape index (κ1) is 15.5. The van der Waals surface area contributed by atoms with Crippen molar-refractivity contribution in [3.05, 3.63) is 35.9 Å². The molecule has 2 rings (SSSR count). The minimum atomic E-state index is 0.238. The predicted molar refractivity (Wildman–Crippen MR) is 86.9 cm³/mol. The zero-order valence-corrected chi connectivity index (χ0v) is 13.5. The number of nitrogens with one attached hydrogen (secondary N) is 1. The van der Waals surface area contributed by atoms with Gasteiger partial charge in [-0.1, -0.05) is 58.0 Å². The van der Waals surface area contributed by atoms with Gasteiger partial charge in [0.2, 0.25) is 0 Å². The summed E-state index contributed by atoms with van der Waals surface area (Å²) in [5, 5.41) is 3.70. The van der Waals surface area contributed by atoms with Crippen LogP contribution in [0.4, 0.5) is 0 Å². The standard InChI is InChI=1S/C18H30N2/c1-5-19-17(16-9-7-6-8-10-16)18(3,4)14-20-12-11-15(2)13-20/h6-10,15,17,19H,5,11-14H2,1-4H3. The van der Waals surface area contributed by atoms with E-state index in [9.17, 15) is 0 Å². The Hall–Kier alpha value is -0.860. The van der Waals surface area contributed by atoms with Gasteiger partial charge in [0.05, 0.1) is 0 Å². The second-order valence-corrected chi connectivity index (χ2v) is 7.02. The predicted octanol–water partition coefficient (Wildman–Crippen LogP) is 3.71. The highest BCUT2D eigenvalue weighted by atomic mass is 15.2. The first-order valence-electron chi connectivity index (χ1n) is 8.03. The second kappa shape index (κ2) is 6.73. The van der Waals surface area contributed by atoms with Crippen LogP contribution in [0.3, 0.4) is 0 Å². The number of hydrogen-bond donors (Lipinski definition) is 1. The van der Waals surface area contributed by atoms with Gasteiger partial charge >= 0.3 is 0 Å². The fraction of sp³-hybridized carbons (Fsp3) is 0.667. The zero-order valence-electron chi connectivity index (χ0n) is 13.5. The molecule has 1 N–H and O–H groups in total. The normalized spacial score (nSPS) is 22.1. The molecule has 0 saturated carbocycles. The molecule has 0 bridgehead atoms. The van der Waals surface area contributed by atoms with Gasteiger partial charge in [0.15, 0.2) is 0 Å². The zero-order chi connectivity index (χ0) is 14.6. The summed E-state index contributed by atoms with van der Waals surface area (Å²) in [6.07, 6.45) is 1.35. The lowest BCUT2D eigenvalue weighted by molar-refractivity contribution is 0.154. The highest BCUT2D eigenvalue weighted by molar-refractivity contribution is 5.21. The van der Waals surface area contributed by atoms with Gasteiger partial charge in [0, 0.05) is 19.1 Å². The van der Waals surface area contributed by atoms with E-state index in [4.69, 9.17) is 0 Å². The summed E-state index contributed by atoms with van der Waals surface area (Å²) in [4.78, 5) is 2.64. The molecule has 0 aromatic heterocycles. The topological polar surface area (TPSA) is 15.3 Å². The lowest BCUT2D eigenvalue weighted by atomic mass is 9.80. The van der Waals surface area contributed by atoms with Crippen LogP contribution in [0.5, 0.6) is 0 Å². The Morgan fingerprint density at radius 3 is 2.55 bits per heavy atom. The van der Waals surface area contributed by atoms with E-state index in [-0.39, 0.29) is 5.41 Å². The third-order valence-electron chi connectivity index (χ3n) is 4.46. The first-order chi connectivity index (χ1) is 9.53. The molecule has 2 nitrogen and oxygen atoms in total. The second-order valence-electron chi connectivity index (χ2n) is 7.02. The van der Waals surface area contributed by atoms with Crippen molar-refractivity contribution in [3.63, 3.8) is 0 Å². The average molecular weight is 274 g/mol. The van der Waals surface area contributed by atoms with E-state index in [1.165, 1.54) is 31.6 Å². The minimum Gasteiger partial charge on any atom is -0.310 e. The molecule has 0 aliphatic carbocycles. The molecule has 1 saturated heterocycles. The van der Waals surface area contributed by atoms with Gasteiger partial charge in [0.1, 0.15) is 0 Å². The van der Waals surface area contributed by atoms with Crippen molar-refractivity contribution < 1.29 is 0 Å². The summed E-state index contributed by atoms with van der Waals surface area (Å²) in [7, 11) is 0. The maximum absolute atomic E-state index is 3.70. The smallest absolute Gasteiger partial charge is 0.0384 e. The lowest BCUT2D eigenvalue weighted by Crippen LogP contribution is -2.42. The molecule has 0 radical (unpaired) electrons. The largest absolute Gasteiger partial charge is 0.310 e. The summed E-state index contributed by atoms with van der Waals surface area (Å²) in [6.45, 7) is 14.1. The highest BCUT2D eigenvalue weighted by Crippen LogP contribution is 2.35. The van der Waals surface area contributed by atoms with E-state index < -0.39 is 0 Å². The van der Waals surface area contributed by atoms with Crippen LogP contribution < -0.4 is 5.32 Å². The molecule has 1 aromatic carbocycles. The number of nitrogens with zero attached hydrogens (tertiary/aromatic N) is 1. The van der Waals surface area contributed by atoms with Gasteiger partial charge in [0.25, 0.3) is 0 Å². The SMILES string of the molecule is CCNC(c1ccccc1)C(C)(C)CN1CCC(C)C1. The first-order valence-corrected chi connectivity index (χ1v) is 8.03. The van der Waals surface area contributed by atoms with E-state index in [1.807, 2.05) is 0 Å². The molecule has 0 spiro atoms. The van der Waals surface area contributed by atoms with Crippen molar-refractivity contribution in [3.8, 4) is 0 Å². The molecular weight excluding hydrogens is 244 g/mol. The van der Waals surface area contributed by atoms with Gasteiger partial charge in [-0.2, -0.15) is 0 Å². The summed E-state index contributed by atoms with van der Waals surface area (Å²) in [6, 6.07) is 11.3. The van der Waals surface area contributed by atoms with Gasteiger partial charge in [-0.25, -0.2) is 0 Å². The van der Waals surface area contributed by atoms with Crippen molar-refractivity contribution in [2.75, 3.05) is 26.2 Å². The van der Waals surface area contributed by atoms with Crippen LogP contribution in [0.15, 0.2) is 30.3 Å². The molecule has 0 amide bonds. The molecule has 1 fully saturated rings. The van der Waals surface area contributed by atoms with Crippen LogP contribution in [-0.4, -0.2) is 31.1 Å². The summed E-state index contributed by atoms with van der Waals surface area (Å²) in [5.74, 6) is 0.861. The molecule has 1 heterocycles. The Bertz CT molecular complexity index is 399. The molecule has 1 aliphatic heterocycles. The van der Waals surface area contributed by atoms with Crippen LogP contribution in [0, 0.1) is 11.3 Å². The van der Waals surface area contributed by atoms with Gasteiger partial charge in [-0.15, -0.1) is 0 Å². The summed E-state index contributed by atoms with van der Waals surface area (Å²) in [5.41, 5.74) is 1.65. The Balaban J connectivity index is 2.10. The van der Waals surface area contributed by atoms with Crippen LogP contribution in [0.25, 0.3) is 0 Å². The van der Waals surface area contributed by atoms with Crippen molar-refractivity contribution in [2.24, 2.45) is 11.3 Å². The van der Waals surface area contributed by atoms with E-state index in [0.717, 1.165) is 12.5 Å². The number of likely N-dealkylation sites (tertiary alicyclic amines) is 1. The third-order valence-corrected chi connectivity index (χ3v) is 4.46. The van der Waals surface area contributed by atoms with E-state index in [1.54, 1.807) is 0 Å².